The number of ether oxygens (including phenoxy) is 2. The van der Waals surface area contributed by atoms with Gasteiger partial charge in [-0.3, -0.25) is 0 Å². The van der Waals surface area contributed by atoms with Gasteiger partial charge in [0.15, 0.2) is 5.76 Å². The summed E-state index contributed by atoms with van der Waals surface area (Å²) in [5, 5.41) is 3.82. The zero-order valence-corrected chi connectivity index (χ0v) is 20.0. The summed E-state index contributed by atoms with van der Waals surface area (Å²) in [6, 6.07) is 12.1. The highest BCUT2D eigenvalue weighted by Crippen LogP contribution is 2.31. The highest BCUT2D eigenvalue weighted by Gasteiger charge is 2.27. The van der Waals surface area contributed by atoms with E-state index in [9.17, 15) is 8.42 Å². The minimum atomic E-state index is -3.64. The van der Waals surface area contributed by atoms with Gasteiger partial charge >= 0.3 is 0 Å². The first kappa shape index (κ1) is 23.6. The predicted molar refractivity (Wildman–Crippen MR) is 126 cm³/mol. The zero-order valence-electron chi connectivity index (χ0n) is 18.5. The molecular formula is C23H26ClN3O5S. The van der Waals surface area contributed by atoms with E-state index >= 15 is 0 Å². The normalized spacial score (nSPS) is 15.0. The predicted octanol–water partition coefficient (Wildman–Crippen LogP) is 4.42. The van der Waals surface area contributed by atoms with Gasteiger partial charge in [-0.2, -0.15) is 4.31 Å². The molecule has 0 bridgehead atoms. The average molecular weight is 492 g/mol. The molecule has 10 heteroatoms. The Bertz CT molecular complexity index is 1210. The molecule has 4 rings (SSSR count). The summed E-state index contributed by atoms with van der Waals surface area (Å²) in [7, 11) is -3.64. The van der Waals surface area contributed by atoms with E-state index in [1.54, 1.807) is 36.5 Å². The Morgan fingerprint density at radius 2 is 1.97 bits per heavy atom. The Balaban J connectivity index is 1.56. The second kappa shape index (κ2) is 10.1. The Morgan fingerprint density at radius 3 is 2.70 bits per heavy atom. The number of hydrogen-bond acceptors (Lipinski definition) is 7. The minimum absolute atomic E-state index is 0.0802. The van der Waals surface area contributed by atoms with Crippen LogP contribution in [0.1, 0.15) is 19.7 Å². The summed E-state index contributed by atoms with van der Waals surface area (Å²) in [4.78, 5) is 4.51. The molecule has 1 saturated heterocycles. The number of benzene rings is 2. The first-order chi connectivity index (χ1) is 15.8. The third-order valence-electron chi connectivity index (χ3n) is 5.01. The molecule has 0 spiro atoms. The van der Waals surface area contributed by atoms with Gasteiger partial charge < -0.3 is 19.2 Å². The smallest absolute Gasteiger partial charge is 0.243 e. The summed E-state index contributed by atoms with van der Waals surface area (Å²) in [5.41, 5.74) is 1.37. The lowest BCUT2D eigenvalue weighted by molar-refractivity contribution is 0.0730. The van der Waals surface area contributed by atoms with Gasteiger partial charge in [-0.05, 0) is 44.2 Å². The zero-order chi connectivity index (χ0) is 23.4. The monoisotopic (exact) mass is 491 g/mol. The highest BCUT2D eigenvalue weighted by molar-refractivity contribution is 7.89. The maximum Gasteiger partial charge on any atom is 0.243 e. The van der Waals surface area contributed by atoms with Gasteiger partial charge in [-0.15, -0.1) is 0 Å². The molecule has 0 radical (unpaired) electrons. The quantitative estimate of drug-likeness (QED) is 0.498. The fourth-order valence-corrected chi connectivity index (χ4v) is 5.06. The van der Waals surface area contributed by atoms with Gasteiger partial charge in [0.05, 0.1) is 42.6 Å². The molecule has 1 aliphatic rings. The van der Waals surface area contributed by atoms with Crippen molar-refractivity contribution in [2.24, 2.45) is 0 Å². The molecule has 8 nitrogen and oxygen atoms in total. The summed E-state index contributed by atoms with van der Waals surface area (Å²) in [5.74, 6) is 1.59. The number of aromatic nitrogens is 1. The van der Waals surface area contributed by atoms with Gasteiger partial charge in [-0.25, -0.2) is 13.4 Å². The van der Waals surface area contributed by atoms with Crippen LogP contribution in [0.2, 0.25) is 5.02 Å². The van der Waals surface area contributed by atoms with Crippen LogP contribution >= 0.6 is 11.6 Å². The largest absolute Gasteiger partial charge is 0.489 e. The van der Waals surface area contributed by atoms with Crippen LogP contribution in [-0.4, -0.2) is 50.1 Å². The van der Waals surface area contributed by atoms with Crippen molar-refractivity contribution in [2.45, 2.75) is 31.4 Å². The highest BCUT2D eigenvalue weighted by atomic mass is 35.5. The molecule has 1 N–H and O–H groups in total. The van der Waals surface area contributed by atoms with Crippen LogP contribution < -0.4 is 10.1 Å². The number of morpholine rings is 1. The van der Waals surface area contributed by atoms with Crippen molar-refractivity contribution in [2.75, 3.05) is 31.6 Å². The lowest BCUT2D eigenvalue weighted by atomic mass is 10.2. The van der Waals surface area contributed by atoms with Crippen molar-refractivity contribution in [1.29, 1.82) is 0 Å². The van der Waals surface area contributed by atoms with Crippen molar-refractivity contribution in [3.63, 3.8) is 0 Å². The molecule has 0 amide bonds. The molecule has 0 atom stereocenters. The Labute approximate surface area is 198 Å². The molecule has 0 unspecified atom stereocenters. The summed E-state index contributed by atoms with van der Waals surface area (Å²) in [6.07, 6.45) is 1.55. The molecule has 3 aromatic rings. The van der Waals surface area contributed by atoms with E-state index in [-0.39, 0.29) is 17.5 Å². The van der Waals surface area contributed by atoms with E-state index in [2.05, 4.69) is 10.3 Å². The van der Waals surface area contributed by atoms with Gasteiger partial charge in [-0.1, -0.05) is 23.7 Å². The molecule has 1 aliphatic heterocycles. The number of nitrogens with zero attached hydrogens (tertiary/aromatic N) is 2. The van der Waals surface area contributed by atoms with Crippen LogP contribution in [0.4, 0.5) is 5.69 Å². The van der Waals surface area contributed by atoms with Crippen molar-refractivity contribution >= 4 is 27.3 Å². The van der Waals surface area contributed by atoms with E-state index in [1.807, 2.05) is 26.0 Å². The molecule has 1 fully saturated rings. The molecule has 0 saturated carbocycles. The SMILES string of the molecule is CC(C)Oc1ccc(S(=O)(=O)N2CCOCC2)cc1NCc1ncc(-c2cccc(Cl)c2)o1. The van der Waals surface area contributed by atoms with Gasteiger partial charge in [0.25, 0.3) is 0 Å². The summed E-state index contributed by atoms with van der Waals surface area (Å²) < 4.78 is 44.6. The number of halogens is 1. The van der Waals surface area contributed by atoms with Crippen LogP contribution in [0, 0.1) is 0 Å². The lowest BCUT2D eigenvalue weighted by Crippen LogP contribution is -2.40. The fraction of sp³-hybridized carbons (Fsp3) is 0.348. The van der Waals surface area contributed by atoms with Crippen molar-refractivity contribution in [3.05, 3.63) is 59.6 Å². The van der Waals surface area contributed by atoms with E-state index in [0.29, 0.717) is 54.4 Å². The van der Waals surface area contributed by atoms with Crippen molar-refractivity contribution in [1.82, 2.24) is 9.29 Å². The molecule has 176 valence electrons. The second-order valence-corrected chi connectivity index (χ2v) is 10.2. The van der Waals surface area contributed by atoms with Crippen molar-refractivity contribution < 1.29 is 22.3 Å². The van der Waals surface area contributed by atoms with E-state index in [4.69, 9.17) is 25.5 Å². The number of oxazole rings is 1. The van der Waals surface area contributed by atoms with E-state index in [1.165, 1.54) is 4.31 Å². The van der Waals surface area contributed by atoms with Crippen LogP contribution in [0.5, 0.6) is 5.75 Å². The number of rotatable bonds is 8. The minimum Gasteiger partial charge on any atom is -0.489 e. The topological polar surface area (TPSA) is 93.9 Å². The van der Waals surface area contributed by atoms with Crippen LogP contribution in [-0.2, 0) is 21.3 Å². The number of sulfonamides is 1. The van der Waals surface area contributed by atoms with E-state index in [0.717, 1.165) is 5.56 Å². The van der Waals surface area contributed by atoms with Gasteiger partial charge in [0.2, 0.25) is 15.9 Å². The molecule has 2 heterocycles. The standard InChI is InChI=1S/C23H26ClN3O5S/c1-16(2)31-21-7-6-19(33(28,29)27-8-10-30-11-9-27)13-20(21)25-15-23-26-14-22(32-23)17-4-3-5-18(24)12-17/h3-7,12-14,16,25H,8-11,15H2,1-2H3. The molecule has 0 aliphatic carbocycles. The number of hydrogen-bond donors (Lipinski definition) is 1. The number of anilines is 1. The molecular weight excluding hydrogens is 466 g/mol. The third-order valence-corrected chi connectivity index (χ3v) is 7.14. The average Bonchev–Trinajstić information content (AvgIpc) is 3.28. The Morgan fingerprint density at radius 1 is 1.18 bits per heavy atom. The molecule has 2 aromatic carbocycles. The third kappa shape index (κ3) is 5.67. The molecule has 33 heavy (non-hydrogen) atoms. The van der Waals surface area contributed by atoms with Gasteiger partial charge in [0.1, 0.15) is 5.75 Å². The maximum absolute atomic E-state index is 13.1. The number of nitrogens with one attached hydrogen (secondary N) is 1. The summed E-state index contributed by atoms with van der Waals surface area (Å²) >= 11 is 6.06. The van der Waals surface area contributed by atoms with Crippen LogP contribution in [0.25, 0.3) is 11.3 Å². The summed E-state index contributed by atoms with van der Waals surface area (Å²) in [6.45, 7) is 5.50. The Kier molecular flexibility index (Phi) is 7.23. The Hall–Kier alpha value is -2.59. The molecule has 1 aromatic heterocycles. The van der Waals surface area contributed by atoms with E-state index < -0.39 is 10.0 Å². The van der Waals surface area contributed by atoms with Gasteiger partial charge in [0, 0.05) is 23.7 Å². The van der Waals surface area contributed by atoms with Crippen LogP contribution in [0.15, 0.2) is 58.0 Å². The van der Waals surface area contributed by atoms with Crippen molar-refractivity contribution in [3.8, 4) is 17.1 Å². The second-order valence-electron chi connectivity index (χ2n) is 7.82. The van der Waals surface area contributed by atoms with Crippen LogP contribution in [0.3, 0.4) is 0 Å². The maximum atomic E-state index is 13.1. The first-order valence-corrected chi connectivity index (χ1v) is 12.5. The first-order valence-electron chi connectivity index (χ1n) is 10.7. The fourth-order valence-electron chi connectivity index (χ4n) is 3.44. The lowest BCUT2D eigenvalue weighted by Gasteiger charge is -2.26.